The molecule has 6 heteroatoms. The van der Waals surface area contributed by atoms with Crippen molar-refractivity contribution in [2.24, 2.45) is 5.92 Å². The smallest absolute Gasteiger partial charge is 0.305 e. The van der Waals surface area contributed by atoms with Crippen molar-refractivity contribution in [1.82, 2.24) is 5.32 Å². The van der Waals surface area contributed by atoms with Crippen LogP contribution in [0.1, 0.15) is 42.0 Å². The topological polar surface area (TPSA) is 84.9 Å². The highest BCUT2D eigenvalue weighted by molar-refractivity contribution is 5.86. The van der Waals surface area contributed by atoms with Gasteiger partial charge in [-0.2, -0.15) is 0 Å². The zero-order valence-electron chi connectivity index (χ0n) is 16.6. The molecule has 2 N–H and O–H groups in total. The van der Waals surface area contributed by atoms with Gasteiger partial charge in [-0.3, -0.25) is 9.59 Å². The highest BCUT2D eigenvalue weighted by Crippen LogP contribution is 2.61. The molecule has 29 heavy (non-hydrogen) atoms. The second kappa shape index (κ2) is 7.43. The molecule has 152 valence electrons. The summed E-state index contributed by atoms with van der Waals surface area (Å²) in [7, 11) is 3.07. The summed E-state index contributed by atoms with van der Waals surface area (Å²) in [4.78, 5) is 24.5. The maximum absolute atomic E-state index is 13.1. The van der Waals surface area contributed by atoms with Gasteiger partial charge in [0, 0.05) is 11.3 Å². The summed E-state index contributed by atoms with van der Waals surface area (Å²) in [6.45, 7) is 0. The molecule has 1 spiro atoms. The SMILES string of the molecule is COc1ccc(C(CC(=O)O)NC(=O)C2CC23CCc2ccccc23)cc1OC. The van der Waals surface area contributed by atoms with Gasteiger partial charge in [0.15, 0.2) is 11.5 Å². The summed E-state index contributed by atoms with van der Waals surface area (Å²) in [5.41, 5.74) is 3.21. The van der Waals surface area contributed by atoms with Gasteiger partial charge in [0.25, 0.3) is 0 Å². The van der Waals surface area contributed by atoms with Crippen molar-refractivity contribution in [2.75, 3.05) is 14.2 Å². The molecule has 0 aromatic heterocycles. The molecule has 0 bridgehead atoms. The molecule has 6 nitrogen and oxygen atoms in total. The van der Waals surface area contributed by atoms with Gasteiger partial charge in [0.2, 0.25) is 5.91 Å². The van der Waals surface area contributed by atoms with Crippen LogP contribution in [0.3, 0.4) is 0 Å². The quantitative estimate of drug-likeness (QED) is 0.752. The number of methoxy groups -OCH3 is 2. The summed E-state index contributed by atoms with van der Waals surface area (Å²) in [6.07, 6.45) is 2.59. The molecule has 1 amide bonds. The summed E-state index contributed by atoms with van der Waals surface area (Å²) in [6, 6.07) is 12.9. The lowest BCUT2D eigenvalue weighted by Crippen LogP contribution is -2.33. The van der Waals surface area contributed by atoms with Crippen LogP contribution in [0.25, 0.3) is 0 Å². The standard InChI is InChI=1S/C23H25NO5/c1-28-19-8-7-15(11-20(19)29-2)18(12-21(25)26)24-22(27)17-13-23(17)10-9-14-5-3-4-6-16(14)23/h3-8,11,17-18H,9-10,12-13H2,1-2H3,(H,24,27)(H,25,26). The molecule has 4 rings (SSSR count). The first-order chi connectivity index (χ1) is 14.0. The normalized spacial score (nSPS) is 22.6. The van der Waals surface area contributed by atoms with Gasteiger partial charge in [0.05, 0.1) is 26.7 Å². The summed E-state index contributed by atoms with van der Waals surface area (Å²) < 4.78 is 10.6. The second-order valence-corrected chi connectivity index (χ2v) is 7.84. The molecule has 3 atom stereocenters. The van der Waals surface area contributed by atoms with E-state index in [1.54, 1.807) is 25.3 Å². The van der Waals surface area contributed by atoms with E-state index in [2.05, 4.69) is 17.4 Å². The maximum Gasteiger partial charge on any atom is 0.305 e. The van der Waals surface area contributed by atoms with Crippen LogP contribution in [0.2, 0.25) is 0 Å². The Morgan fingerprint density at radius 2 is 1.93 bits per heavy atom. The summed E-state index contributed by atoms with van der Waals surface area (Å²) >= 11 is 0. The minimum Gasteiger partial charge on any atom is -0.493 e. The Hall–Kier alpha value is -3.02. The van der Waals surface area contributed by atoms with Crippen molar-refractivity contribution < 1.29 is 24.2 Å². The lowest BCUT2D eigenvalue weighted by molar-refractivity contribution is -0.137. The highest BCUT2D eigenvalue weighted by Gasteiger charge is 2.61. The predicted octanol–water partition coefficient (Wildman–Crippen LogP) is 3.24. The van der Waals surface area contributed by atoms with Crippen LogP contribution in [0.4, 0.5) is 0 Å². The zero-order chi connectivity index (χ0) is 20.6. The van der Waals surface area contributed by atoms with Gasteiger partial charge in [0.1, 0.15) is 0 Å². The molecule has 1 fully saturated rings. The fourth-order valence-electron chi connectivity index (χ4n) is 4.71. The highest BCUT2D eigenvalue weighted by atomic mass is 16.5. The molecule has 0 radical (unpaired) electrons. The average molecular weight is 395 g/mol. The molecular formula is C23H25NO5. The Labute approximate surface area is 169 Å². The Balaban J connectivity index is 1.54. The van der Waals surface area contributed by atoms with Gasteiger partial charge in [-0.05, 0) is 48.1 Å². The molecule has 1 saturated carbocycles. The van der Waals surface area contributed by atoms with E-state index in [0.29, 0.717) is 17.1 Å². The largest absolute Gasteiger partial charge is 0.493 e. The van der Waals surface area contributed by atoms with Gasteiger partial charge in [-0.25, -0.2) is 0 Å². The number of benzene rings is 2. The third-order valence-corrected chi connectivity index (χ3v) is 6.29. The fraction of sp³-hybridized carbons (Fsp3) is 0.391. The van der Waals surface area contributed by atoms with E-state index in [-0.39, 0.29) is 23.7 Å². The van der Waals surface area contributed by atoms with Crippen LogP contribution in [-0.4, -0.2) is 31.2 Å². The first-order valence-corrected chi connectivity index (χ1v) is 9.81. The number of carbonyl (C=O) groups is 2. The van der Waals surface area contributed by atoms with E-state index in [1.165, 1.54) is 18.2 Å². The van der Waals surface area contributed by atoms with Gasteiger partial charge < -0.3 is 19.9 Å². The molecular weight excluding hydrogens is 370 g/mol. The molecule has 0 saturated heterocycles. The van der Waals surface area contributed by atoms with E-state index >= 15 is 0 Å². The number of nitrogens with one attached hydrogen (secondary N) is 1. The first-order valence-electron chi connectivity index (χ1n) is 9.81. The number of carbonyl (C=O) groups excluding carboxylic acids is 1. The first kappa shape index (κ1) is 19.3. The van der Waals surface area contributed by atoms with Crippen LogP contribution in [0.5, 0.6) is 11.5 Å². The third kappa shape index (κ3) is 3.43. The monoisotopic (exact) mass is 395 g/mol. The van der Waals surface area contributed by atoms with Crippen molar-refractivity contribution in [3.8, 4) is 11.5 Å². The van der Waals surface area contributed by atoms with E-state index in [9.17, 15) is 14.7 Å². The zero-order valence-corrected chi connectivity index (χ0v) is 16.6. The molecule has 3 unspecified atom stereocenters. The Bertz CT molecular complexity index is 956. The van der Waals surface area contributed by atoms with Gasteiger partial charge in [-0.15, -0.1) is 0 Å². The average Bonchev–Trinajstić information content (AvgIpc) is 3.35. The lowest BCUT2D eigenvalue weighted by atomic mass is 9.94. The minimum atomic E-state index is -0.971. The number of hydrogen-bond donors (Lipinski definition) is 2. The van der Waals surface area contributed by atoms with Crippen LogP contribution >= 0.6 is 0 Å². The van der Waals surface area contributed by atoms with Gasteiger partial charge >= 0.3 is 5.97 Å². The number of aryl methyl sites for hydroxylation is 1. The minimum absolute atomic E-state index is 0.0773. The molecule has 2 aliphatic rings. The predicted molar refractivity (Wildman–Crippen MR) is 107 cm³/mol. The fourth-order valence-corrected chi connectivity index (χ4v) is 4.71. The number of carboxylic acids is 1. The van der Waals surface area contributed by atoms with Crippen LogP contribution < -0.4 is 14.8 Å². The number of ether oxygens (including phenoxy) is 2. The van der Waals surface area contributed by atoms with E-state index in [4.69, 9.17) is 9.47 Å². The second-order valence-electron chi connectivity index (χ2n) is 7.84. The number of amides is 1. The van der Waals surface area contributed by atoms with Crippen molar-refractivity contribution in [3.63, 3.8) is 0 Å². The van der Waals surface area contributed by atoms with Gasteiger partial charge in [-0.1, -0.05) is 30.3 Å². The number of fused-ring (bicyclic) bond motifs is 2. The summed E-state index contributed by atoms with van der Waals surface area (Å²) in [5.74, 6) is -0.102. The van der Waals surface area contributed by atoms with Crippen LogP contribution in [0, 0.1) is 5.92 Å². The van der Waals surface area contributed by atoms with Crippen molar-refractivity contribution >= 4 is 11.9 Å². The van der Waals surface area contributed by atoms with E-state index in [0.717, 1.165) is 19.3 Å². The molecule has 2 aromatic carbocycles. The third-order valence-electron chi connectivity index (χ3n) is 6.29. The maximum atomic E-state index is 13.1. The molecule has 0 aliphatic heterocycles. The molecule has 2 aliphatic carbocycles. The van der Waals surface area contributed by atoms with E-state index in [1.807, 2.05) is 12.1 Å². The summed E-state index contributed by atoms with van der Waals surface area (Å²) in [5, 5.41) is 12.3. The number of aliphatic carboxylic acids is 1. The molecule has 0 heterocycles. The van der Waals surface area contributed by atoms with E-state index < -0.39 is 12.0 Å². The number of carboxylic acid groups (broad SMARTS) is 1. The van der Waals surface area contributed by atoms with Crippen molar-refractivity contribution in [1.29, 1.82) is 0 Å². The Kier molecular flexibility index (Phi) is 4.94. The Morgan fingerprint density at radius 1 is 1.17 bits per heavy atom. The van der Waals surface area contributed by atoms with Crippen molar-refractivity contribution in [2.45, 2.75) is 37.1 Å². The number of hydrogen-bond acceptors (Lipinski definition) is 4. The number of rotatable bonds is 7. The Morgan fingerprint density at radius 3 is 2.66 bits per heavy atom. The van der Waals surface area contributed by atoms with Crippen LogP contribution in [-0.2, 0) is 21.4 Å². The van der Waals surface area contributed by atoms with Crippen molar-refractivity contribution in [3.05, 3.63) is 59.2 Å². The lowest BCUT2D eigenvalue weighted by Gasteiger charge is -2.20. The van der Waals surface area contributed by atoms with Crippen LogP contribution in [0.15, 0.2) is 42.5 Å². The molecule has 2 aromatic rings.